The summed E-state index contributed by atoms with van der Waals surface area (Å²) in [4.78, 5) is 22.4. The number of carbonyl (C=O) groups excluding carboxylic acids is 2. The van der Waals surface area contributed by atoms with Gasteiger partial charge in [0.15, 0.2) is 0 Å². The highest BCUT2D eigenvalue weighted by atomic mass is 16.2. The molecule has 1 saturated carbocycles. The van der Waals surface area contributed by atoms with Crippen LogP contribution in [0.3, 0.4) is 0 Å². The zero-order valence-corrected chi connectivity index (χ0v) is 8.03. The molecule has 76 valence electrons. The van der Waals surface area contributed by atoms with Gasteiger partial charge in [0.1, 0.15) is 0 Å². The molecule has 2 aliphatic rings. The third-order valence-corrected chi connectivity index (χ3v) is 2.73. The molecule has 0 bridgehead atoms. The Morgan fingerprint density at radius 2 is 1.64 bits per heavy atom. The fourth-order valence-corrected chi connectivity index (χ4v) is 1.94. The van der Waals surface area contributed by atoms with Gasteiger partial charge in [0.05, 0.1) is 0 Å². The first kappa shape index (κ1) is 9.40. The number of hydrogen-bond donors (Lipinski definition) is 1. The van der Waals surface area contributed by atoms with Crippen molar-refractivity contribution in [2.24, 2.45) is 0 Å². The fraction of sp³-hybridized carbons (Fsp3) is 0.600. The van der Waals surface area contributed by atoms with E-state index in [1.807, 2.05) is 0 Å². The SMILES string of the molecule is O=C1C=CC(=O)N1NC1CCCCC1. The number of rotatable bonds is 2. The molecule has 1 N–H and O–H groups in total. The minimum absolute atomic E-state index is 0.249. The average Bonchev–Trinajstić information content (AvgIpc) is 2.51. The van der Waals surface area contributed by atoms with Gasteiger partial charge >= 0.3 is 0 Å². The smallest absolute Gasteiger partial charge is 0.268 e. The summed E-state index contributed by atoms with van der Waals surface area (Å²) in [5.74, 6) is -0.499. The molecule has 0 aromatic rings. The van der Waals surface area contributed by atoms with Crippen LogP contribution in [0.4, 0.5) is 0 Å². The Morgan fingerprint density at radius 1 is 1.07 bits per heavy atom. The van der Waals surface area contributed by atoms with Crippen LogP contribution in [0.5, 0.6) is 0 Å². The van der Waals surface area contributed by atoms with E-state index in [2.05, 4.69) is 5.43 Å². The van der Waals surface area contributed by atoms with Crippen molar-refractivity contribution >= 4 is 11.8 Å². The highest BCUT2D eigenvalue weighted by Gasteiger charge is 2.26. The van der Waals surface area contributed by atoms with Gasteiger partial charge < -0.3 is 0 Å². The molecule has 4 nitrogen and oxygen atoms in total. The number of hydrogen-bond acceptors (Lipinski definition) is 3. The number of nitrogens with zero attached hydrogens (tertiary/aromatic N) is 1. The topological polar surface area (TPSA) is 49.4 Å². The van der Waals surface area contributed by atoms with Crippen molar-refractivity contribution in [1.82, 2.24) is 10.4 Å². The van der Waals surface area contributed by atoms with Gasteiger partial charge in [-0.1, -0.05) is 19.3 Å². The molecule has 14 heavy (non-hydrogen) atoms. The van der Waals surface area contributed by atoms with Crippen molar-refractivity contribution in [3.63, 3.8) is 0 Å². The van der Waals surface area contributed by atoms with Gasteiger partial charge in [-0.2, -0.15) is 0 Å². The molecule has 0 unspecified atom stereocenters. The Morgan fingerprint density at radius 3 is 2.21 bits per heavy atom. The lowest BCUT2D eigenvalue weighted by atomic mass is 9.96. The summed E-state index contributed by atoms with van der Waals surface area (Å²) in [6.07, 6.45) is 8.34. The molecule has 0 aromatic carbocycles. The third kappa shape index (κ3) is 1.85. The van der Waals surface area contributed by atoms with Crippen molar-refractivity contribution in [2.45, 2.75) is 38.1 Å². The van der Waals surface area contributed by atoms with Crippen LogP contribution in [-0.2, 0) is 9.59 Å². The van der Waals surface area contributed by atoms with Crippen LogP contribution in [0.1, 0.15) is 32.1 Å². The Hall–Kier alpha value is -1.16. The van der Waals surface area contributed by atoms with Gasteiger partial charge in [0.2, 0.25) is 0 Å². The lowest BCUT2D eigenvalue weighted by molar-refractivity contribution is -0.141. The molecule has 0 radical (unpaired) electrons. The van der Waals surface area contributed by atoms with Crippen LogP contribution >= 0.6 is 0 Å². The van der Waals surface area contributed by atoms with E-state index in [9.17, 15) is 9.59 Å². The first-order valence-corrected chi connectivity index (χ1v) is 5.09. The summed E-state index contributed by atoms with van der Waals surface area (Å²) < 4.78 is 0. The second-order valence-corrected chi connectivity index (χ2v) is 3.81. The molecule has 0 saturated heterocycles. The largest absolute Gasteiger partial charge is 0.268 e. The molecule has 2 amide bonds. The Balaban J connectivity index is 1.90. The predicted octanol–water partition coefficient (Wildman–Crippen LogP) is 0.749. The molecule has 0 atom stereocenters. The lowest BCUT2D eigenvalue weighted by Gasteiger charge is -2.26. The molecule has 4 heteroatoms. The van der Waals surface area contributed by atoms with E-state index in [1.54, 1.807) is 0 Å². The highest BCUT2D eigenvalue weighted by molar-refractivity contribution is 6.12. The number of imide groups is 1. The normalized spacial score (nSPS) is 23.6. The molecular weight excluding hydrogens is 180 g/mol. The van der Waals surface area contributed by atoms with Crippen LogP contribution in [0.2, 0.25) is 0 Å². The van der Waals surface area contributed by atoms with E-state index in [0.29, 0.717) is 0 Å². The maximum absolute atomic E-state index is 11.2. The number of nitrogens with one attached hydrogen (secondary N) is 1. The first-order chi connectivity index (χ1) is 6.77. The Labute approximate surface area is 82.9 Å². The van der Waals surface area contributed by atoms with Crippen molar-refractivity contribution in [3.05, 3.63) is 12.2 Å². The van der Waals surface area contributed by atoms with E-state index in [0.717, 1.165) is 17.9 Å². The summed E-state index contributed by atoms with van der Waals surface area (Å²) in [5.41, 5.74) is 2.99. The number of amides is 2. The molecule has 1 aliphatic carbocycles. The second kappa shape index (κ2) is 3.92. The van der Waals surface area contributed by atoms with Crippen LogP contribution < -0.4 is 5.43 Å². The monoisotopic (exact) mass is 194 g/mol. The lowest BCUT2D eigenvalue weighted by Crippen LogP contribution is -2.48. The van der Waals surface area contributed by atoms with E-state index < -0.39 is 0 Å². The first-order valence-electron chi connectivity index (χ1n) is 5.09. The van der Waals surface area contributed by atoms with E-state index in [1.165, 1.54) is 31.4 Å². The van der Waals surface area contributed by atoms with Gasteiger partial charge in [-0.3, -0.25) is 9.59 Å². The molecule has 1 fully saturated rings. The van der Waals surface area contributed by atoms with E-state index in [4.69, 9.17) is 0 Å². The molecular formula is C10H14N2O2. The van der Waals surface area contributed by atoms with E-state index >= 15 is 0 Å². The van der Waals surface area contributed by atoms with Gasteiger partial charge in [-0.15, -0.1) is 0 Å². The average molecular weight is 194 g/mol. The minimum Gasteiger partial charge on any atom is -0.268 e. The summed E-state index contributed by atoms with van der Waals surface area (Å²) in [6, 6.07) is 0.288. The second-order valence-electron chi connectivity index (χ2n) is 3.81. The standard InChI is InChI=1S/C10H14N2O2/c13-9-6-7-10(14)12(9)11-8-4-2-1-3-5-8/h6-8,11H,1-5H2. The van der Waals surface area contributed by atoms with Crippen LogP contribution in [-0.4, -0.2) is 22.9 Å². The van der Waals surface area contributed by atoms with Crippen molar-refractivity contribution < 1.29 is 9.59 Å². The summed E-state index contributed by atoms with van der Waals surface area (Å²) in [7, 11) is 0. The highest BCUT2D eigenvalue weighted by Crippen LogP contribution is 2.18. The van der Waals surface area contributed by atoms with Gasteiger partial charge in [0, 0.05) is 18.2 Å². The van der Waals surface area contributed by atoms with Gasteiger partial charge in [0.25, 0.3) is 11.8 Å². The van der Waals surface area contributed by atoms with Gasteiger partial charge in [-0.05, 0) is 12.8 Å². The predicted molar refractivity (Wildman–Crippen MR) is 51.0 cm³/mol. The van der Waals surface area contributed by atoms with Crippen LogP contribution in [0.15, 0.2) is 12.2 Å². The molecule has 1 heterocycles. The molecule has 1 aliphatic heterocycles. The van der Waals surface area contributed by atoms with Crippen molar-refractivity contribution in [1.29, 1.82) is 0 Å². The quantitative estimate of drug-likeness (QED) is 0.660. The third-order valence-electron chi connectivity index (χ3n) is 2.73. The van der Waals surface area contributed by atoms with Gasteiger partial charge in [-0.25, -0.2) is 10.4 Å². The van der Waals surface area contributed by atoms with E-state index in [-0.39, 0.29) is 17.9 Å². The van der Waals surface area contributed by atoms with Crippen molar-refractivity contribution in [2.75, 3.05) is 0 Å². The molecule has 0 spiro atoms. The Bertz CT molecular complexity index is 262. The Kier molecular flexibility index (Phi) is 2.63. The molecule has 0 aromatic heterocycles. The number of hydrazine groups is 1. The molecule has 2 rings (SSSR count). The zero-order valence-electron chi connectivity index (χ0n) is 8.03. The summed E-state index contributed by atoms with van der Waals surface area (Å²) >= 11 is 0. The maximum Gasteiger partial charge on any atom is 0.268 e. The zero-order chi connectivity index (χ0) is 9.97. The van der Waals surface area contributed by atoms with Crippen LogP contribution in [0.25, 0.3) is 0 Å². The minimum atomic E-state index is -0.249. The number of carbonyl (C=O) groups is 2. The maximum atomic E-state index is 11.2. The van der Waals surface area contributed by atoms with Crippen molar-refractivity contribution in [3.8, 4) is 0 Å². The summed E-state index contributed by atoms with van der Waals surface area (Å²) in [5, 5.41) is 1.12. The fourth-order valence-electron chi connectivity index (χ4n) is 1.94. The van der Waals surface area contributed by atoms with Crippen LogP contribution in [0, 0.1) is 0 Å². The summed E-state index contributed by atoms with van der Waals surface area (Å²) in [6.45, 7) is 0.